The number of anilines is 2. The number of sulfonamides is 1. The molecule has 0 aliphatic carbocycles. The van der Waals surface area contributed by atoms with Crippen LogP contribution in [0.2, 0.25) is 0 Å². The lowest BCUT2D eigenvalue weighted by Gasteiger charge is -2.35. The molecule has 4 aliphatic heterocycles. The highest BCUT2D eigenvalue weighted by molar-refractivity contribution is 7.90. The second-order valence-electron chi connectivity index (χ2n) is 16.5. The number of carbonyl (C=O) groups is 3. The quantitative estimate of drug-likeness (QED) is 0.0880. The maximum Gasteiger partial charge on any atom is 0.372 e. The van der Waals surface area contributed by atoms with Gasteiger partial charge in [0.05, 0.1) is 5.25 Å². The third kappa shape index (κ3) is 12.2. The number of fused-ring (bicyclic) bond motifs is 2. The van der Waals surface area contributed by atoms with E-state index in [0.29, 0.717) is 84.2 Å². The van der Waals surface area contributed by atoms with Crippen LogP contribution in [0.1, 0.15) is 79.4 Å². The SMILES string of the molecule is O=C(CN1CCC(S(=O)(=O)NCCCc2ccc3c(n2)NCCC3)CC1)OOC(=O)C(Cc1ccccc1)N1CCC(C(=O)NCCCc2ccc3c(n2)NCCC3)CC1. The number of aromatic nitrogens is 2. The van der Waals surface area contributed by atoms with Gasteiger partial charge in [0.25, 0.3) is 0 Å². The molecule has 2 fully saturated rings. The number of pyridine rings is 2. The van der Waals surface area contributed by atoms with E-state index in [0.717, 1.165) is 80.2 Å². The van der Waals surface area contributed by atoms with E-state index in [4.69, 9.17) is 19.7 Å². The van der Waals surface area contributed by atoms with E-state index in [1.165, 1.54) is 11.1 Å². The van der Waals surface area contributed by atoms with Crippen LogP contribution in [0, 0.1) is 5.92 Å². The van der Waals surface area contributed by atoms with E-state index in [2.05, 4.69) is 38.9 Å². The Morgan fingerprint density at radius 3 is 2.02 bits per heavy atom. The third-order valence-electron chi connectivity index (χ3n) is 12.2. The minimum atomic E-state index is -3.52. The number of nitrogens with one attached hydrogen (secondary N) is 4. The molecule has 324 valence electrons. The van der Waals surface area contributed by atoms with E-state index in [-0.39, 0.29) is 18.4 Å². The molecule has 15 nitrogen and oxygen atoms in total. The Hall–Kier alpha value is -4.64. The zero-order valence-electron chi connectivity index (χ0n) is 34.5. The molecule has 4 N–H and O–H groups in total. The van der Waals surface area contributed by atoms with Gasteiger partial charge in [-0.15, -0.1) is 0 Å². The Labute approximate surface area is 353 Å². The molecule has 1 amide bonds. The van der Waals surface area contributed by atoms with E-state index < -0.39 is 33.3 Å². The minimum Gasteiger partial charge on any atom is -0.370 e. The zero-order chi connectivity index (χ0) is 41.7. The molecule has 2 aromatic heterocycles. The van der Waals surface area contributed by atoms with Gasteiger partial charge in [0.2, 0.25) is 15.9 Å². The number of nitrogens with zero attached hydrogens (tertiary/aromatic N) is 4. The average molecular weight is 845 g/mol. The van der Waals surface area contributed by atoms with Crippen molar-refractivity contribution in [2.45, 2.75) is 94.8 Å². The topological polar surface area (TPSA) is 184 Å². The lowest BCUT2D eigenvalue weighted by Crippen LogP contribution is -2.49. The van der Waals surface area contributed by atoms with Gasteiger partial charge in [-0.05, 0) is 125 Å². The summed E-state index contributed by atoms with van der Waals surface area (Å²) in [6, 6.07) is 17.2. The van der Waals surface area contributed by atoms with Crippen molar-refractivity contribution >= 4 is 39.5 Å². The van der Waals surface area contributed by atoms with Crippen LogP contribution in [0.5, 0.6) is 0 Å². The molecule has 0 spiro atoms. The summed E-state index contributed by atoms with van der Waals surface area (Å²) in [4.78, 5) is 62.9. The molecular formula is C44H60N8O7S. The van der Waals surface area contributed by atoms with Crippen LogP contribution in [0.15, 0.2) is 54.6 Å². The van der Waals surface area contributed by atoms with Crippen LogP contribution >= 0.6 is 0 Å². The molecular weight excluding hydrogens is 785 g/mol. The molecule has 3 aromatic rings. The lowest BCUT2D eigenvalue weighted by molar-refractivity contribution is -0.263. The number of carbonyl (C=O) groups excluding carboxylic acids is 3. The zero-order valence-corrected chi connectivity index (χ0v) is 35.4. The predicted octanol–water partition coefficient (Wildman–Crippen LogP) is 3.58. The lowest BCUT2D eigenvalue weighted by atomic mass is 9.93. The number of rotatable bonds is 17. The van der Waals surface area contributed by atoms with Crippen molar-refractivity contribution in [2.75, 3.05) is 69.5 Å². The van der Waals surface area contributed by atoms with Crippen molar-refractivity contribution in [3.8, 4) is 0 Å². The molecule has 0 bridgehead atoms. The van der Waals surface area contributed by atoms with E-state index in [1.807, 2.05) is 46.2 Å². The van der Waals surface area contributed by atoms with Gasteiger partial charge >= 0.3 is 11.9 Å². The number of hydrogen-bond donors (Lipinski definition) is 4. The Morgan fingerprint density at radius 2 is 1.38 bits per heavy atom. The first-order valence-corrected chi connectivity index (χ1v) is 23.4. The third-order valence-corrected chi connectivity index (χ3v) is 14.1. The number of benzene rings is 1. The van der Waals surface area contributed by atoms with E-state index >= 15 is 0 Å². The van der Waals surface area contributed by atoms with Crippen molar-refractivity contribution in [1.29, 1.82) is 0 Å². The summed E-state index contributed by atoms with van der Waals surface area (Å²) >= 11 is 0. The molecule has 7 rings (SSSR count). The standard InChI is InChI=1S/C44H60N8O7S/c53-40(31-51-26-20-38(21-27-51)60(56,57)48-25-7-13-37-17-15-34-11-5-23-46-42(34)50-37)58-59-44(55)39(30-32-8-2-1-3-9-32)52-28-18-35(19-29-52)43(54)47-24-6-12-36-16-14-33-10-4-22-45-41(33)49-36/h1-3,8-9,14-17,35,38-39,48H,4-7,10-13,18-31H2,(H,45,49)(H,46,50)(H,47,54). The normalized spacial score (nSPS) is 18.3. The molecule has 16 heteroatoms. The van der Waals surface area contributed by atoms with Gasteiger partial charge in [-0.1, -0.05) is 42.5 Å². The van der Waals surface area contributed by atoms with Crippen LogP contribution in [-0.4, -0.2) is 116 Å². The molecule has 6 heterocycles. The van der Waals surface area contributed by atoms with Crippen LogP contribution in [0.3, 0.4) is 0 Å². The second kappa shape index (κ2) is 21.2. The fourth-order valence-corrected chi connectivity index (χ4v) is 10.1. The van der Waals surface area contributed by atoms with Crippen molar-refractivity contribution in [3.63, 3.8) is 0 Å². The molecule has 1 unspecified atom stereocenters. The maximum absolute atomic E-state index is 13.5. The number of aryl methyl sites for hydroxylation is 4. The summed E-state index contributed by atoms with van der Waals surface area (Å²) in [7, 11) is -3.52. The largest absolute Gasteiger partial charge is 0.372 e. The number of amides is 1. The van der Waals surface area contributed by atoms with Crippen LogP contribution in [-0.2, 0) is 66.3 Å². The predicted molar refractivity (Wildman–Crippen MR) is 229 cm³/mol. The van der Waals surface area contributed by atoms with Crippen molar-refractivity contribution in [3.05, 3.63) is 82.7 Å². The van der Waals surface area contributed by atoms with Gasteiger partial charge in [0.1, 0.15) is 24.2 Å². The molecule has 0 saturated carbocycles. The monoisotopic (exact) mass is 844 g/mol. The Kier molecular flexibility index (Phi) is 15.4. The number of hydrogen-bond acceptors (Lipinski definition) is 13. The highest BCUT2D eigenvalue weighted by atomic mass is 32.2. The van der Waals surface area contributed by atoms with Gasteiger partial charge in [-0.3, -0.25) is 14.6 Å². The summed E-state index contributed by atoms with van der Waals surface area (Å²) < 4.78 is 28.9. The van der Waals surface area contributed by atoms with Gasteiger partial charge in [0, 0.05) is 56.6 Å². The summed E-state index contributed by atoms with van der Waals surface area (Å²) in [6.07, 6.45) is 9.50. The van der Waals surface area contributed by atoms with Crippen molar-refractivity contribution < 1.29 is 32.6 Å². The molecule has 1 atom stereocenters. The van der Waals surface area contributed by atoms with E-state index in [9.17, 15) is 22.8 Å². The first kappa shape index (κ1) is 43.4. The molecule has 2 saturated heterocycles. The summed E-state index contributed by atoms with van der Waals surface area (Å²) in [6.45, 7) is 4.47. The Morgan fingerprint density at radius 1 is 0.767 bits per heavy atom. The van der Waals surface area contributed by atoms with Gasteiger partial charge in [-0.25, -0.2) is 42.5 Å². The Bertz CT molecular complexity index is 2020. The highest BCUT2D eigenvalue weighted by Crippen LogP contribution is 2.24. The van der Waals surface area contributed by atoms with E-state index in [1.54, 1.807) is 0 Å². The smallest absolute Gasteiger partial charge is 0.370 e. The summed E-state index contributed by atoms with van der Waals surface area (Å²) in [5.41, 5.74) is 5.39. The molecule has 4 aliphatic rings. The van der Waals surface area contributed by atoms with Crippen LogP contribution in [0.25, 0.3) is 0 Å². The van der Waals surface area contributed by atoms with Gasteiger partial charge in [-0.2, -0.15) is 0 Å². The summed E-state index contributed by atoms with van der Waals surface area (Å²) in [5.74, 6) is 0.398. The van der Waals surface area contributed by atoms with Gasteiger partial charge in [0.15, 0.2) is 0 Å². The molecule has 0 radical (unpaired) electrons. The fraction of sp³-hybridized carbons (Fsp3) is 0.568. The highest BCUT2D eigenvalue weighted by Gasteiger charge is 2.35. The van der Waals surface area contributed by atoms with Crippen molar-refractivity contribution in [1.82, 2.24) is 29.8 Å². The first-order chi connectivity index (χ1) is 29.2. The second-order valence-corrected chi connectivity index (χ2v) is 18.5. The number of likely N-dealkylation sites (tertiary alicyclic amines) is 2. The number of piperidine rings is 2. The van der Waals surface area contributed by atoms with Crippen molar-refractivity contribution in [2.24, 2.45) is 5.92 Å². The fourth-order valence-electron chi connectivity index (χ4n) is 8.65. The molecule has 60 heavy (non-hydrogen) atoms. The molecule has 1 aromatic carbocycles. The minimum absolute atomic E-state index is 0.0240. The average Bonchev–Trinajstić information content (AvgIpc) is 3.28. The van der Waals surface area contributed by atoms with Crippen LogP contribution in [0.4, 0.5) is 11.6 Å². The first-order valence-electron chi connectivity index (χ1n) is 21.8. The van der Waals surface area contributed by atoms with Gasteiger partial charge < -0.3 is 16.0 Å². The summed E-state index contributed by atoms with van der Waals surface area (Å²) in [5, 5.41) is 9.26. The Balaban J connectivity index is 0.805. The van der Waals surface area contributed by atoms with Crippen LogP contribution < -0.4 is 20.7 Å². The maximum atomic E-state index is 13.5.